The summed E-state index contributed by atoms with van der Waals surface area (Å²) in [4.78, 5) is 11.5. The van der Waals surface area contributed by atoms with Crippen LogP contribution in [-0.4, -0.2) is 18.0 Å². The summed E-state index contributed by atoms with van der Waals surface area (Å²) >= 11 is 3.37. The predicted octanol–water partition coefficient (Wildman–Crippen LogP) is 3.47. The molecule has 0 heterocycles. The summed E-state index contributed by atoms with van der Waals surface area (Å²) in [6, 6.07) is 3.88. The van der Waals surface area contributed by atoms with Crippen molar-refractivity contribution in [2.75, 3.05) is 5.32 Å². The number of hydrogen-bond donors (Lipinski definition) is 2. The van der Waals surface area contributed by atoms with Crippen molar-refractivity contribution in [1.29, 1.82) is 5.41 Å². The van der Waals surface area contributed by atoms with Crippen LogP contribution in [0.2, 0.25) is 0 Å². The minimum atomic E-state index is -0.0355. The molecule has 0 saturated heterocycles. The Bertz CT molecular complexity index is 427. The molecule has 0 unspecified atom stereocenters. The maximum Gasteiger partial charge on any atom is 0.160 e. The minimum absolute atomic E-state index is 0.0355. The molecule has 0 atom stereocenters. The number of anilines is 1. The normalized spacial score (nSPS) is 10.3. The van der Waals surface area contributed by atoms with Crippen molar-refractivity contribution in [3.8, 4) is 0 Å². The molecule has 16 heavy (non-hydrogen) atoms. The van der Waals surface area contributed by atoms with Crippen LogP contribution in [0.25, 0.3) is 0 Å². The van der Waals surface area contributed by atoms with E-state index >= 15 is 0 Å². The summed E-state index contributed by atoms with van der Waals surface area (Å²) in [6.45, 7) is 5.54. The standard InChI is InChI=1S/C12H15BrN2O/c1-7(2)15-12-5-9(13)4-10(8(3)16)11(12)6-14/h4-7,14-15H,1-3H3. The van der Waals surface area contributed by atoms with Gasteiger partial charge in [-0.3, -0.25) is 4.79 Å². The Labute approximate surface area is 104 Å². The van der Waals surface area contributed by atoms with Gasteiger partial charge in [-0.15, -0.1) is 0 Å². The van der Waals surface area contributed by atoms with Gasteiger partial charge in [-0.25, -0.2) is 0 Å². The molecule has 0 aromatic heterocycles. The molecule has 1 aromatic carbocycles. The number of Topliss-reactive ketones (excluding diaryl/α,β-unsaturated/α-hetero) is 1. The largest absolute Gasteiger partial charge is 0.382 e. The van der Waals surface area contributed by atoms with E-state index in [4.69, 9.17) is 5.41 Å². The van der Waals surface area contributed by atoms with E-state index in [1.54, 1.807) is 6.07 Å². The Morgan fingerprint density at radius 3 is 2.56 bits per heavy atom. The van der Waals surface area contributed by atoms with E-state index < -0.39 is 0 Å². The number of halogens is 1. The van der Waals surface area contributed by atoms with Crippen LogP contribution >= 0.6 is 15.9 Å². The van der Waals surface area contributed by atoms with Crippen LogP contribution in [-0.2, 0) is 0 Å². The molecule has 0 spiro atoms. The van der Waals surface area contributed by atoms with Crippen LogP contribution < -0.4 is 5.32 Å². The van der Waals surface area contributed by atoms with E-state index in [1.807, 2.05) is 19.9 Å². The second kappa shape index (κ2) is 5.25. The van der Waals surface area contributed by atoms with Crippen molar-refractivity contribution in [1.82, 2.24) is 0 Å². The number of rotatable bonds is 4. The molecule has 4 heteroatoms. The number of nitrogens with one attached hydrogen (secondary N) is 2. The smallest absolute Gasteiger partial charge is 0.160 e. The molecular formula is C12H15BrN2O. The lowest BCUT2D eigenvalue weighted by Gasteiger charge is -2.15. The van der Waals surface area contributed by atoms with Crippen LogP contribution in [0, 0.1) is 5.41 Å². The molecule has 0 saturated carbocycles. The lowest BCUT2D eigenvalue weighted by atomic mass is 10.0. The summed E-state index contributed by atoms with van der Waals surface area (Å²) in [7, 11) is 0. The van der Waals surface area contributed by atoms with E-state index in [2.05, 4.69) is 21.2 Å². The van der Waals surface area contributed by atoms with Crippen LogP contribution in [0.5, 0.6) is 0 Å². The number of carbonyl (C=O) groups is 1. The van der Waals surface area contributed by atoms with E-state index in [0.717, 1.165) is 10.2 Å². The molecule has 1 aromatic rings. The maximum absolute atomic E-state index is 11.5. The fourth-order valence-corrected chi connectivity index (χ4v) is 1.95. The van der Waals surface area contributed by atoms with Crippen LogP contribution in [0.4, 0.5) is 5.69 Å². The van der Waals surface area contributed by atoms with Crippen molar-refractivity contribution in [3.05, 3.63) is 27.7 Å². The molecule has 86 valence electrons. The topological polar surface area (TPSA) is 53.0 Å². The number of carbonyl (C=O) groups excluding carboxylic acids is 1. The number of hydrogen-bond acceptors (Lipinski definition) is 3. The highest BCUT2D eigenvalue weighted by atomic mass is 79.9. The zero-order valence-electron chi connectivity index (χ0n) is 9.60. The lowest BCUT2D eigenvalue weighted by molar-refractivity contribution is 0.101. The molecule has 0 radical (unpaired) electrons. The highest BCUT2D eigenvalue weighted by Crippen LogP contribution is 2.25. The predicted molar refractivity (Wildman–Crippen MR) is 70.8 cm³/mol. The minimum Gasteiger partial charge on any atom is -0.382 e. The molecule has 3 nitrogen and oxygen atoms in total. The molecule has 0 bridgehead atoms. The molecule has 0 amide bonds. The van der Waals surface area contributed by atoms with Crippen molar-refractivity contribution >= 4 is 33.6 Å². The average molecular weight is 283 g/mol. The van der Waals surface area contributed by atoms with Crippen molar-refractivity contribution < 1.29 is 4.79 Å². The molecule has 1 rings (SSSR count). The van der Waals surface area contributed by atoms with Gasteiger partial charge in [0.2, 0.25) is 0 Å². The fraction of sp³-hybridized carbons (Fsp3) is 0.333. The van der Waals surface area contributed by atoms with Gasteiger partial charge in [-0.05, 0) is 32.9 Å². The summed E-state index contributed by atoms with van der Waals surface area (Å²) in [5, 5.41) is 10.6. The first-order chi connectivity index (χ1) is 7.45. The zero-order chi connectivity index (χ0) is 12.3. The molecule has 0 aliphatic heterocycles. The van der Waals surface area contributed by atoms with Gasteiger partial charge in [0.15, 0.2) is 5.78 Å². The SMILES string of the molecule is CC(=O)c1cc(Br)cc(NC(C)C)c1C=N. The average Bonchev–Trinajstić information content (AvgIpc) is 2.15. The first-order valence-corrected chi connectivity index (χ1v) is 5.86. The fourth-order valence-electron chi connectivity index (χ4n) is 1.50. The molecular weight excluding hydrogens is 268 g/mol. The van der Waals surface area contributed by atoms with Crippen molar-refractivity contribution in [2.24, 2.45) is 0 Å². The van der Waals surface area contributed by atoms with E-state index in [1.165, 1.54) is 13.1 Å². The first-order valence-electron chi connectivity index (χ1n) is 5.07. The second-order valence-corrected chi connectivity index (χ2v) is 4.83. The third-order valence-electron chi connectivity index (χ3n) is 2.11. The Hall–Kier alpha value is -1.16. The molecule has 0 fully saturated rings. The zero-order valence-corrected chi connectivity index (χ0v) is 11.2. The van der Waals surface area contributed by atoms with Crippen LogP contribution in [0.3, 0.4) is 0 Å². The maximum atomic E-state index is 11.5. The third kappa shape index (κ3) is 2.92. The quantitative estimate of drug-likeness (QED) is 0.656. The molecule has 2 N–H and O–H groups in total. The second-order valence-electron chi connectivity index (χ2n) is 3.91. The Morgan fingerprint density at radius 2 is 2.12 bits per heavy atom. The van der Waals surface area contributed by atoms with Gasteiger partial charge in [0, 0.05) is 33.5 Å². The highest BCUT2D eigenvalue weighted by Gasteiger charge is 2.12. The van der Waals surface area contributed by atoms with Gasteiger partial charge in [0.05, 0.1) is 0 Å². The number of benzene rings is 1. The Morgan fingerprint density at radius 1 is 1.50 bits per heavy atom. The first kappa shape index (κ1) is 12.9. The van der Waals surface area contributed by atoms with Crippen LogP contribution in [0.1, 0.15) is 36.7 Å². The van der Waals surface area contributed by atoms with Gasteiger partial charge in [-0.2, -0.15) is 0 Å². The van der Waals surface area contributed by atoms with Gasteiger partial charge in [0.1, 0.15) is 0 Å². The molecule has 0 aliphatic rings. The van der Waals surface area contributed by atoms with E-state index in [9.17, 15) is 4.79 Å². The van der Waals surface area contributed by atoms with Crippen molar-refractivity contribution in [3.63, 3.8) is 0 Å². The number of ketones is 1. The lowest BCUT2D eigenvalue weighted by Crippen LogP contribution is -2.13. The van der Waals surface area contributed by atoms with E-state index in [0.29, 0.717) is 11.1 Å². The monoisotopic (exact) mass is 282 g/mol. The summed E-state index contributed by atoms with van der Waals surface area (Å²) in [5.74, 6) is -0.0355. The van der Waals surface area contributed by atoms with Crippen molar-refractivity contribution in [2.45, 2.75) is 26.8 Å². The van der Waals surface area contributed by atoms with Gasteiger partial charge in [-0.1, -0.05) is 15.9 Å². The summed E-state index contributed by atoms with van der Waals surface area (Å²) < 4.78 is 0.839. The van der Waals surface area contributed by atoms with E-state index in [-0.39, 0.29) is 11.8 Å². The van der Waals surface area contributed by atoms with Crippen LogP contribution in [0.15, 0.2) is 16.6 Å². The van der Waals surface area contributed by atoms with Gasteiger partial charge >= 0.3 is 0 Å². The van der Waals surface area contributed by atoms with Gasteiger partial charge in [0.25, 0.3) is 0 Å². The third-order valence-corrected chi connectivity index (χ3v) is 2.57. The van der Waals surface area contributed by atoms with Gasteiger partial charge < -0.3 is 10.7 Å². The molecule has 0 aliphatic carbocycles. The summed E-state index contributed by atoms with van der Waals surface area (Å²) in [6.07, 6.45) is 1.22. The Balaban J connectivity index is 3.35. The summed E-state index contributed by atoms with van der Waals surface area (Å²) in [5.41, 5.74) is 2.02. The highest BCUT2D eigenvalue weighted by molar-refractivity contribution is 9.10. The Kier molecular flexibility index (Phi) is 4.24.